The molecule has 0 aromatic rings. The Morgan fingerprint density at radius 2 is 1.18 bits per heavy atom. The monoisotopic (exact) mass is 240 g/mol. The molecule has 102 valence electrons. The van der Waals surface area contributed by atoms with E-state index in [1.54, 1.807) is 0 Å². The van der Waals surface area contributed by atoms with Crippen LogP contribution in [0.15, 0.2) is 12.8 Å². The maximum absolute atomic E-state index is 3.87. The summed E-state index contributed by atoms with van der Waals surface area (Å²) in [6.45, 7) is 7.39. The molecule has 1 heteroatoms. The molecule has 1 nitrogen and oxygen atoms in total. The molecule has 0 aliphatic carbocycles. The average molecular weight is 240 g/mol. The molecule has 0 N–H and O–H groups in total. The van der Waals surface area contributed by atoms with Crippen molar-refractivity contribution in [1.82, 2.24) is 0 Å². The van der Waals surface area contributed by atoms with Crippen molar-refractivity contribution >= 4 is 0 Å². The van der Waals surface area contributed by atoms with Gasteiger partial charge < -0.3 is 4.48 Å². The summed E-state index contributed by atoms with van der Waals surface area (Å²) in [5.41, 5.74) is 0. The van der Waals surface area contributed by atoms with Gasteiger partial charge in [-0.3, -0.25) is 0 Å². The quantitative estimate of drug-likeness (QED) is 0.328. The highest BCUT2D eigenvalue weighted by atomic mass is 15.3. The zero-order valence-corrected chi connectivity index (χ0v) is 12.5. The van der Waals surface area contributed by atoms with Crippen LogP contribution in [-0.4, -0.2) is 25.1 Å². The molecule has 0 aromatic heterocycles. The number of rotatable bonds is 12. The molecule has 0 aliphatic rings. The lowest BCUT2D eigenvalue weighted by Gasteiger charge is -2.24. The van der Waals surface area contributed by atoms with Crippen molar-refractivity contribution in [2.75, 3.05) is 20.6 Å². The van der Waals surface area contributed by atoms with Crippen LogP contribution in [0.2, 0.25) is 0 Å². The lowest BCUT2D eigenvalue weighted by atomic mass is 10.1. The van der Waals surface area contributed by atoms with Gasteiger partial charge in [0.15, 0.2) is 0 Å². The summed E-state index contributed by atoms with van der Waals surface area (Å²) in [5.74, 6) is 0. The highest BCUT2D eigenvalue weighted by molar-refractivity contribution is 4.52. The molecule has 0 aromatic carbocycles. The van der Waals surface area contributed by atoms with Gasteiger partial charge in [0.2, 0.25) is 0 Å². The summed E-state index contributed by atoms with van der Waals surface area (Å²) in [4.78, 5) is 0. The molecule has 0 aliphatic heterocycles. The molecule has 0 spiro atoms. The number of quaternary nitrogens is 1. The molecular weight excluding hydrogens is 206 g/mol. The maximum Gasteiger partial charge on any atom is 0.0881 e. The van der Waals surface area contributed by atoms with Gasteiger partial charge >= 0.3 is 0 Å². The van der Waals surface area contributed by atoms with E-state index < -0.39 is 0 Å². The smallest absolute Gasteiger partial charge is 0.0881 e. The molecule has 0 bridgehead atoms. The van der Waals surface area contributed by atoms with E-state index in [1.165, 1.54) is 70.8 Å². The third-order valence-electron chi connectivity index (χ3n) is 3.58. The lowest BCUT2D eigenvalue weighted by molar-refractivity contribution is -0.838. The van der Waals surface area contributed by atoms with Crippen molar-refractivity contribution in [1.29, 1.82) is 0 Å². The van der Waals surface area contributed by atoms with E-state index >= 15 is 0 Å². The highest BCUT2D eigenvalue weighted by Crippen LogP contribution is 2.11. The third kappa shape index (κ3) is 12.0. The largest absolute Gasteiger partial charge is 0.303 e. The first-order valence-electron chi connectivity index (χ1n) is 7.58. The second-order valence-corrected chi connectivity index (χ2v) is 5.87. The number of hydrogen-bond acceptors (Lipinski definition) is 0. The fraction of sp³-hybridized carbons (Fsp3) is 0.875. The summed E-state index contributed by atoms with van der Waals surface area (Å²) in [6.07, 6.45) is 16.2. The first-order chi connectivity index (χ1) is 8.12. The second kappa shape index (κ2) is 10.8. The normalized spacial score (nSPS) is 11.7. The van der Waals surface area contributed by atoms with E-state index in [2.05, 4.69) is 27.6 Å². The van der Waals surface area contributed by atoms with Gasteiger partial charge in [0.1, 0.15) is 0 Å². The SMILES string of the molecule is C=C[N+](C)(C)CCCCCCCCCCCC. The van der Waals surface area contributed by atoms with Crippen LogP contribution in [0.25, 0.3) is 0 Å². The molecule has 0 atom stereocenters. The maximum atomic E-state index is 3.87. The highest BCUT2D eigenvalue weighted by Gasteiger charge is 2.08. The first kappa shape index (κ1) is 16.7. The lowest BCUT2D eigenvalue weighted by Crippen LogP contribution is -2.33. The predicted octanol–water partition coefficient (Wildman–Crippen LogP) is 5.13. The number of unbranched alkanes of at least 4 members (excludes halogenated alkanes) is 9. The van der Waals surface area contributed by atoms with Crippen molar-refractivity contribution in [3.8, 4) is 0 Å². The minimum atomic E-state index is 0.955. The Kier molecular flexibility index (Phi) is 10.6. The molecule has 0 fully saturated rings. The Morgan fingerprint density at radius 1 is 0.765 bits per heavy atom. The number of nitrogens with zero attached hydrogens (tertiary/aromatic N) is 1. The van der Waals surface area contributed by atoms with Crippen LogP contribution in [0.3, 0.4) is 0 Å². The van der Waals surface area contributed by atoms with Gasteiger partial charge in [-0.25, -0.2) is 0 Å². The second-order valence-electron chi connectivity index (χ2n) is 5.87. The van der Waals surface area contributed by atoms with Gasteiger partial charge in [-0.1, -0.05) is 58.3 Å². The summed E-state index contributed by atoms with van der Waals surface area (Å²) < 4.78 is 0.955. The van der Waals surface area contributed by atoms with Gasteiger partial charge in [0.25, 0.3) is 0 Å². The number of hydrogen-bond donors (Lipinski definition) is 0. The molecule has 0 saturated heterocycles. The van der Waals surface area contributed by atoms with E-state index in [1.807, 2.05) is 6.20 Å². The van der Waals surface area contributed by atoms with Crippen molar-refractivity contribution in [2.45, 2.75) is 71.1 Å². The molecule has 17 heavy (non-hydrogen) atoms. The minimum absolute atomic E-state index is 0.955. The van der Waals surface area contributed by atoms with Crippen LogP contribution in [0.5, 0.6) is 0 Å². The van der Waals surface area contributed by atoms with E-state index in [9.17, 15) is 0 Å². The zero-order valence-electron chi connectivity index (χ0n) is 12.5. The Balaban J connectivity index is 3.11. The van der Waals surface area contributed by atoms with Crippen molar-refractivity contribution < 1.29 is 4.48 Å². The van der Waals surface area contributed by atoms with Crippen LogP contribution in [0.1, 0.15) is 71.1 Å². The fourth-order valence-electron chi connectivity index (χ4n) is 2.10. The molecule has 0 unspecified atom stereocenters. The first-order valence-corrected chi connectivity index (χ1v) is 7.58. The molecule has 0 amide bonds. The van der Waals surface area contributed by atoms with Crippen molar-refractivity contribution in [3.05, 3.63) is 12.8 Å². The van der Waals surface area contributed by atoms with Crippen LogP contribution in [0, 0.1) is 0 Å². The fourth-order valence-corrected chi connectivity index (χ4v) is 2.10. The standard InChI is InChI=1S/C16H34N/c1-5-7-8-9-10-11-12-13-14-15-16-17(3,4)6-2/h6H,2,5,7-16H2,1,3-4H3/q+1. The summed E-state index contributed by atoms with van der Waals surface area (Å²) in [7, 11) is 4.45. The zero-order chi connectivity index (χ0) is 13.0. The molecule has 0 heterocycles. The Hall–Kier alpha value is -0.300. The summed E-state index contributed by atoms with van der Waals surface area (Å²) in [6, 6.07) is 0. The average Bonchev–Trinajstić information content (AvgIpc) is 2.31. The molecule has 0 radical (unpaired) electrons. The Labute approximate surface area is 109 Å². The van der Waals surface area contributed by atoms with Crippen LogP contribution < -0.4 is 0 Å². The Bertz CT molecular complexity index is 172. The minimum Gasteiger partial charge on any atom is -0.303 e. The molecular formula is C16H34N+. The van der Waals surface area contributed by atoms with Crippen LogP contribution >= 0.6 is 0 Å². The third-order valence-corrected chi connectivity index (χ3v) is 3.58. The summed E-state index contributed by atoms with van der Waals surface area (Å²) in [5, 5.41) is 0. The summed E-state index contributed by atoms with van der Waals surface area (Å²) >= 11 is 0. The van der Waals surface area contributed by atoms with Gasteiger partial charge in [-0.2, -0.15) is 0 Å². The van der Waals surface area contributed by atoms with Gasteiger partial charge in [-0.05, 0) is 19.4 Å². The van der Waals surface area contributed by atoms with E-state index in [-0.39, 0.29) is 0 Å². The Morgan fingerprint density at radius 3 is 1.59 bits per heavy atom. The van der Waals surface area contributed by atoms with Crippen molar-refractivity contribution in [3.63, 3.8) is 0 Å². The van der Waals surface area contributed by atoms with E-state index in [0.29, 0.717) is 0 Å². The van der Waals surface area contributed by atoms with E-state index in [4.69, 9.17) is 0 Å². The van der Waals surface area contributed by atoms with Gasteiger partial charge in [0.05, 0.1) is 26.8 Å². The molecule has 0 saturated carbocycles. The van der Waals surface area contributed by atoms with Crippen LogP contribution in [0.4, 0.5) is 0 Å². The van der Waals surface area contributed by atoms with Gasteiger partial charge in [0, 0.05) is 0 Å². The topological polar surface area (TPSA) is 0 Å². The molecule has 0 rings (SSSR count). The van der Waals surface area contributed by atoms with Crippen LogP contribution in [-0.2, 0) is 0 Å². The van der Waals surface area contributed by atoms with Crippen molar-refractivity contribution in [2.24, 2.45) is 0 Å². The van der Waals surface area contributed by atoms with Gasteiger partial charge in [-0.15, -0.1) is 0 Å². The van der Waals surface area contributed by atoms with E-state index in [0.717, 1.165) is 4.48 Å². The predicted molar refractivity (Wildman–Crippen MR) is 79.0 cm³/mol.